The molecule has 0 aliphatic carbocycles. The number of benzene rings is 1. The number of methoxy groups -OCH3 is 1. The summed E-state index contributed by atoms with van der Waals surface area (Å²) in [5.74, 6) is -1.81. The molecule has 19 heavy (non-hydrogen) atoms. The van der Waals surface area contributed by atoms with Gasteiger partial charge in [0.1, 0.15) is 5.52 Å². The second kappa shape index (κ2) is 5.93. The van der Waals surface area contributed by atoms with E-state index >= 15 is 0 Å². The molecular weight excluding hydrogens is 250 g/mol. The minimum atomic E-state index is -0.921. The van der Waals surface area contributed by atoms with E-state index in [2.05, 4.69) is 10.3 Å². The van der Waals surface area contributed by atoms with E-state index in [1.54, 1.807) is 6.07 Å². The SMILES string of the molecule is CCCNc1cc(COC)nc2c(F)c(F)ccc12. The van der Waals surface area contributed by atoms with Crippen molar-refractivity contribution in [2.45, 2.75) is 20.0 Å². The molecule has 0 amide bonds. The first-order chi connectivity index (χ1) is 9.17. The van der Waals surface area contributed by atoms with Crippen molar-refractivity contribution in [2.24, 2.45) is 0 Å². The van der Waals surface area contributed by atoms with Crippen LogP contribution in [0.1, 0.15) is 19.0 Å². The maximum atomic E-state index is 13.8. The molecule has 2 aromatic rings. The lowest BCUT2D eigenvalue weighted by Gasteiger charge is -2.11. The summed E-state index contributed by atoms with van der Waals surface area (Å²) in [6.45, 7) is 3.05. The second-order valence-electron chi connectivity index (χ2n) is 4.28. The Kier molecular flexibility index (Phi) is 4.27. The molecule has 0 spiro atoms. The molecule has 1 aromatic carbocycles. The van der Waals surface area contributed by atoms with Crippen molar-refractivity contribution in [1.82, 2.24) is 4.98 Å². The number of halogens is 2. The van der Waals surface area contributed by atoms with Crippen molar-refractivity contribution in [2.75, 3.05) is 19.0 Å². The fourth-order valence-electron chi connectivity index (χ4n) is 1.91. The number of aromatic nitrogens is 1. The Morgan fingerprint density at radius 2 is 2.11 bits per heavy atom. The minimum absolute atomic E-state index is 0.0353. The van der Waals surface area contributed by atoms with E-state index in [-0.39, 0.29) is 12.1 Å². The van der Waals surface area contributed by atoms with Gasteiger partial charge in [-0.3, -0.25) is 0 Å². The van der Waals surface area contributed by atoms with Crippen LogP contribution >= 0.6 is 0 Å². The summed E-state index contributed by atoms with van der Waals surface area (Å²) in [5.41, 5.74) is 1.35. The van der Waals surface area contributed by atoms with Crippen molar-refractivity contribution in [3.8, 4) is 0 Å². The molecule has 0 aliphatic rings. The summed E-state index contributed by atoms with van der Waals surface area (Å²) in [7, 11) is 1.53. The molecule has 0 fully saturated rings. The highest BCUT2D eigenvalue weighted by Gasteiger charge is 2.13. The smallest absolute Gasteiger partial charge is 0.185 e. The number of pyridine rings is 1. The fourth-order valence-corrected chi connectivity index (χ4v) is 1.91. The molecule has 0 bridgehead atoms. The van der Waals surface area contributed by atoms with Gasteiger partial charge in [0.2, 0.25) is 0 Å². The molecule has 0 radical (unpaired) electrons. The van der Waals surface area contributed by atoms with Crippen molar-refractivity contribution >= 4 is 16.6 Å². The Bertz CT molecular complexity index is 587. The Balaban J connectivity index is 2.60. The van der Waals surface area contributed by atoms with Crippen LogP contribution < -0.4 is 5.32 Å². The summed E-state index contributed by atoms with van der Waals surface area (Å²) >= 11 is 0. The number of hydrogen-bond donors (Lipinski definition) is 1. The molecule has 0 saturated carbocycles. The summed E-state index contributed by atoms with van der Waals surface area (Å²) < 4.78 is 32.1. The highest BCUT2D eigenvalue weighted by molar-refractivity contribution is 5.91. The first-order valence-electron chi connectivity index (χ1n) is 6.17. The van der Waals surface area contributed by atoms with E-state index in [9.17, 15) is 8.78 Å². The number of ether oxygens (including phenoxy) is 1. The molecule has 5 heteroatoms. The van der Waals surface area contributed by atoms with Gasteiger partial charge in [-0.1, -0.05) is 6.92 Å². The predicted molar refractivity (Wildman–Crippen MR) is 71.2 cm³/mol. The minimum Gasteiger partial charge on any atom is -0.384 e. The zero-order valence-electron chi connectivity index (χ0n) is 11.0. The zero-order valence-corrected chi connectivity index (χ0v) is 11.0. The monoisotopic (exact) mass is 266 g/mol. The van der Waals surface area contributed by atoms with E-state index in [0.717, 1.165) is 24.7 Å². The van der Waals surface area contributed by atoms with Crippen LogP contribution in [-0.4, -0.2) is 18.6 Å². The third-order valence-corrected chi connectivity index (χ3v) is 2.78. The molecular formula is C14H16F2N2O. The number of hydrogen-bond acceptors (Lipinski definition) is 3. The molecule has 0 atom stereocenters. The number of nitrogens with zero attached hydrogens (tertiary/aromatic N) is 1. The quantitative estimate of drug-likeness (QED) is 0.899. The number of anilines is 1. The average molecular weight is 266 g/mol. The molecule has 0 unspecified atom stereocenters. The largest absolute Gasteiger partial charge is 0.384 e. The molecule has 0 aliphatic heterocycles. The van der Waals surface area contributed by atoms with Gasteiger partial charge >= 0.3 is 0 Å². The third kappa shape index (κ3) is 2.81. The van der Waals surface area contributed by atoms with Gasteiger partial charge in [0.05, 0.1) is 12.3 Å². The van der Waals surface area contributed by atoms with Gasteiger partial charge in [0.15, 0.2) is 11.6 Å². The van der Waals surface area contributed by atoms with E-state index in [4.69, 9.17) is 4.74 Å². The van der Waals surface area contributed by atoms with E-state index in [0.29, 0.717) is 11.1 Å². The van der Waals surface area contributed by atoms with Crippen LogP contribution in [-0.2, 0) is 11.3 Å². The van der Waals surface area contributed by atoms with Crippen molar-refractivity contribution < 1.29 is 13.5 Å². The van der Waals surface area contributed by atoms with Gasteiger partial charge < -0.3 is 10.1 Å². The summed E-state index contributed by atoms with van der Waals surface area (Å²) in [5, 5.41) is 3.77. The van der Waals surface area contributed by atoms with Gasteiger partial charge in [0.25, 0.3) is 0 Å². The van der Waals surface area contributed by atoms with Gasteiger partial charge in [-0.05, 0) is 24.6 Å². The zero-order chi connectivity index (χ0) is 13.8. The summed E-state index contributed by atoms with van der Waals surface area (Å²) in [6, 6.07) is 4.46. The van der Waals surface area contributed by atoms with E-state index in [1.807, 2.05) is 6.92 Å². The normalized spacial score (nSPS) is 10.9. The highest BCUT2D eigenvalue weighted by atomic mass is 19.2. The Morgan fingerprint density at radius 3 is 2.79 bits per heavy atom. The first-order valence-corrected chi connectivity index (χ1v) is 6.17. The van der Waals surface area contributed by atoms with Crippen LogP contribution in [0.3, 0.4) is 0 Å². The Hall–Kier alpha value is -1.75. The average Bonchev–Trinajstić information content (AvgIpc) is 2.41. The predicted octanol–water partition coefficient (Wildman–Crippen LogP) is 3.48. The standard InChI is InChI=1S/C14H16F2N2O/c1-3-6-17-12-7-9(8-19-2)18-14-10(12)4-5-11(15)13(14)16/h4-5,7H,3,6,8H2,1-2H3,(H,17,18). The number of fused-ring (bicyclic) bond motifs is 1. The lowest BCUT2D eigenvalue weighted by atomic mass is 10.1. The van der Waals surface area contributed by atoms with Crippen molar-refractivity contribution in [3.05, 3.63) is 35.5 Å². The number of rotatable bonds is 5. The Morgan fingerprint density at radius 1 is 1.32 bits per heavy atom. The van der Waals surface area contributed by atoms with Crippen LogP contribution in [0.5, 0.6) is 0 Å². The second-order valence-corrected chi connectivity index (χ2v) is 4.28. The summed E-state index contributed by atoms with van der Waals surface area (Å²) in [6.07, 6.45) is 0.938. The van der Waals surface area contributed by atoms with Crippen LogP contribution in [0.2, 0.25) is 0 Å². The molecule has 1 aromatic heterocycles. The molecule has 1 heterocycles. The lowest BCUT2D eigenvalue weighted by Crippen LogP contribution is -2.04. The summed E-state index contributed by atoms with van der Waals surface area (Å²) in [4.78, 5) is 4.11. The van der Waals surface area contributed by atoms with E-state index < -0.39 is 11.6 Å². The lowest BCUT2D eigenvalue weighted by molar-refractivity contribution is 0.182. The maximum Gasteiger partial charge on any atom is 0.185 e. The van der Waals surface area contributed by atoms with Gasteiger partial charge in [0, 0.05) is 24.7 Å². The van der Waals surface area contributed by atoms with Crippen LogP contribution in [0, 0.1) is 11.6 Å². The first kappa shape index (κ1) is 13.7. The molecule has 102 valence electrons. The van der Waals surface area contributed by atoms with Gasteiger partial charge in [-0.15, -0.1) is 0 Å². The molecule has 3 nitrogen and oxygen atoms in total. The van der Waals surface area contributed by atoms with Crippen LogP contribution in [0.25, 0.3) is 10.9 Å². The van der Waals surface area contributed by atoms with Gasteiger partial charge in [-0.2, -0.15) is 0 Å². The molecule has 1 N–H and O–H groups in total. The van der Waals surface area contributed by atoms with Crippen molar-refractivity contribution in [3.63, 3.8) is 0 Å². The van der Waals surface area contributed by atoms with Gasteiger partial charge in [-0.25, -0.2) is 13.8 Å². The third-order valence-electron chi connectivity index (χ3n) is 2.78. The maximum absolute atomic E-state index is 13.8. The van der Waals surface area contributed by atoms with E-state index in [1.165, 1.54) is 13.2 Å². The number of nitrogens with one attached hydrogen (secondary N) is 1. The molecule has 2 rings (SSSR count). The molecule has 0 saturated heterocycles. The van der Waals surface area contributed by atoms with Crippen LogP contribution in [0.15, 0.2) is 18.2 Å². The highest BCUT2D eigenvalue weighted by Crippen LogP contribution is 2.27. The topological polar surface area (TPSA) is 34.1 Å². The van der Waals surface area contributed by atoms with Crippen molar-refractivity contribution in [1.29, 1.82) is 0 Å². The van der Waals surface area contributed by atoms with Crippen LogP contribution in [0.4, 0.5) is 14.5 Å². The Labute approximate surface area is 110 Å². The fraction of sp³-hybridized carbons (Fsp3) is 0.357.